The smallest absolute Gasteiger partial charge is 0.255 e. The Hall–Kier alpha value is -1.60. The highest BCUT2D eigenvalue weighted by atomic mass is 79.9. The number of halogens is 1. The maximum Gasteiger partial charge on any atom is 0.255 e. The molecule has 1 saturated heterocycles. The molecule has 0 aromatic heterocycles. The quantitative estimate of drug-likeness (QED) is 0.776. The molecule has 114 valence electrons. The van der Waals surface area contributed by atoms with Crippen LogP contribution < -0.4 is 11.1 Å². The molecule has 1 heterocycles. The minimum Gasteiger partial charge on any atom is -0.398 e. The number of hydrogen-bond acceptors (Lipinski definition) is 4. The Morgan fingerprint density at radius 1 is 1.29 bits per heavy atom. The highest BCUT2D eigenvalue weighted by Crippen LogP contribution is 2.25. The fraction of sp³-hybridized carbons (Fsp3) is 0.429. The van der Waals surface area contributed by atoms with Crippen molar-refractivity contribution in [2.45, 2.75) is 0 Å². The third-order valence-corrected chi connectivity index (χ3v) is 4.45. The Morgan fingerprint density at radius 2 is 1.95 bits per heavy atom. The third kappa shape index (κ3) is 3.74. The average Bonchev–Trinajstić information content (AvgIpc) is 2.50. The van der Waals surface area contributed by atoms with Crippen molar-refractivity contribution < 1.29 is 9.59 Å². The third-order valence-electron chi connectivity index (χ3n) is 3.56. The summed E-state index contributed by atoms with van der Waals surface area (Å²) in [7, 11) is 1.62. The standard InChI is InChI=1S/C14H19BrN4O2/c1-17-12(20)9-18-5-7-19(8-6-18)14(21)10-3-2-4-11(16)13(10)15/h2-4H,5-9,16H2,1H3,(H,17,20). The summed E-state index contributed by atoms with van der Waals surface area (Å²) in [4.78, 5) is 27.7. The maximum atomic E-state index is 12.5. The second-order valence-electron chi connectivity index (χ2n) is 4.95. The number of nitrogens with two attached hydrogens (primary N) is 1. The molecule has 0 spiro atoms. The summed E-state index contributed by atoms with van der Waals surface area (Å²) in [6, 6.07) is 5.29. The molecule has 1 aromatic rings. The van der Waals surface area contributed by atoms with E-state index in [0.29, 0.717) is 48.4 Å². The van der Waals surface area contributed by atoms with Crippen LogP contribution >= 0.6 is 15.9 Å². The van der Waals surface area contributed by atoms with Crippen molar-refractivity contribution in [3.05, 3.63) is 28.2 Å². The van der Waals surface area contributed by atoms with Gasteiger partial charge in [0, 0.05) is 38.9 Å². The molecule has 6 nitrogen and oxygen atoms in total. The molecular weight excluding hydrogens is 336 g/mol. The van der Waals surface area contributed by atoms with Gasteiger partial charge in [-0.1, -0.05) is 6.07 Å². The molecule has 1 aliphatic rings. The summed E-state index contributed by atoms with van der Waals surface area (Å²) in [6.07, 6.45) is 0. The maximum absolute atomic E-state index is 12.5. The Labute approximate surface area is 132 Å². The zero-order valence-corrected chi connectivity index (χ0v) is 13.5. The second-order valence-corrected chi connectivity index (χ2v) is 5.74. The van der Waals surface area contributed by atoms with Crippen LogP contribution in [-0.2, 0) is 4.79 Å². The number of likely N-dealkylation sites (N-methyl/N-ethyl adjacent to an activating group) is 1. The molecule has 1 aromatic carbocycles. The van der Waals surface area contributed by atoms with Crippen LogP contribution in [0.4, 0.5) is 5.69 Å². The number of anilines is 1. The zero-order valence-electron chi connectivity index (χ0n) is 11.9. The summed E-state index contributed by atoms with van der Waals surface area (Å²) < 4.78 is 0.641. The number of carbonyl (C=O) groups is 2. The van der Waals surface area contributed by atoms with Gasteiger partial charge in [-0.15, -0.1) is 0 Å². The van der Waals surface area contributed by atoms with Crippen LogP contribution in [0.2, 0.25) is 0 Å². The molecule has 0 radical (unpaired) electrons. The highest BCUT2D eigenvalue weighted by Gasteiger charge is 2.24. The van der Waals surface area contributed by atoms with Gasteiger partial charge in [-0.05, 0) is 28.1 Å². The highest BCUT2D eigenvalue weighted by molar-refractivity contribution is 9.10. The largest absolute Gasteiger partial charge is 0.398 e. The van der Waals surface area contributed by atoms with Crippen LogP contribution in [0.25, 0.3) is 0 Å². The molecule has 1 aliphatic heterocycles. The van der Waals surface area contributed by atoms with Crippen LogP contribution in [-0.4, -0.2) is 61.4 Å². The Bertz CT molecular complexity index is 542. The molecule has 2 rings (SSSR count). The predicted molar refractivity (Wildman–Crippen MR) is 85.0 cm³/mol. The van der Waals surface area contributed by atoms with Gasteiger partial charge in [-0.25, -0.2) is 0 Å². The van der Waals surface area contributed by atoms with Crippen molar-refractivity contribution in [2.75, 3.05) is 45.5 Å². The summed E-state index contributed by atoms with van der Waals surface area (Å²) >= 11 is 3.37. The van der Waals surface area contributed by atoms with E-state index >= 15 is 0 Å². The SMILES string of the molecule is CNC(=O)CN1CCN(C(=O)c2cccc(N)c2Br)CC1. The van der Waals surface area contributed by atoms with Gasteiger partial charge in [0.25, 0.3) is 5.91 Å². The van der Waals surface area contributed by atoms with E-state index in [0.717, 1.165) is 0 Å². The monoisotopic (exact) mass is 354 g/mol. The van der Waals surface area contributed by atoms with Crippen molar-refractivity contribution in [3.8, 4) is 0 Å². The number of hydrogen-bond donors (Lipinski definition) is 2. The van der Waals surface area contributed by atoms with Crippen LogP contribution in [0, 0.1) is 0 Å². The zero-order chi connectivity index (χ0) is 15.4. The van der Waals surface area contributed by atoms with E-state index in [1.165, 1.54) is 0 Å². The number of nitrogen functional groups attached to an aromatic ring is 1. The van der Waals surface area contributed by atoms with E-state index in [-0.39, 0.29) is 11.8 Å². The summed E-state index contributed by atoms with van der Waals surface area (Å²) in [5.41, 5.74) is 6.94. The second kappa shape index (κ2) is 6.91. The summed E-state index contributed by atoms with van der Waals surface area (Å²) in [5, 5.41) is 2.60. The number of nitrogens with zero attached hydrogens (tertiary/aromatic N) is 2. The predicted octanol–water partition coefficient (Wildman–Crippen LogP) is 0.535. The van der Waals surface area contributed by atoms with E-state index in [1.54, 1.807) is 30.1 Å². The first kappa shape index (κ1) is 15.8. The van der Waals surface area contributed by atoms with Crippen molar-refractivity contribution in [1.29, 1.82) is 0 Å². The number of amides is 2. The van der Waals surface area contributed by atoms with E-state index in [2.05, 4.69) is 21.2 Å². The van der Waals surface area contributed by atoms with Crippen molar-refractivity contribution >= 4 is 33.4 Å². The lowest BCUT2D eigenvalue weighted by molar-refractivity contribution is -0.122. The molecule has 0 unspecified atom stereocenters. The molecule has 0 saturated carbocycles. The molecule has 7 heteroatoms. The van der Waals surface area contributed by atoms with Gasteiger partial charge in [0.15, 0.2) is 0 Å². The van der Waals surface area contributed by atoms with Gasteiger partial charge in [0.05, 0.1) is 16.6 Å². The van der Waals surface area contributed by atoms with Gasteiger partial charge in [0.1, 0.15) is 0 Å². The van der Waals surface area contributed by atoms with Crippen LogP contribution in [0.15, 0.2) is 22.7 Å². The van der Waals surface area contributed by atoms with Gasteiger partial charge >= 0.3 is 0 Å². The molecular formula is C14H19BrN4O2. The molecule has 3 N–H and O–H groups in total. The molecule has 1 fully saturated rings. The minimum absolute atomic E-state index is 0.00615. The fourth-order valence-electron chi connectivity index (χ4n) is 2.28. The first-order valence-corrected chi connectivity index (χ1v) is 7.58. The van der Waals surface area contributed by atoms with Crippen molar-refractivity contribution in [3.63, 3.8) is 0 Å². The van der Waals surface area contributed by atoms with Crippen LogP contribution in [0.1, 0.15) is 10.4 Å². The van der Waals surface area contributed by atoms with E-state index < -0.39 is 0 Å². The molecule has 2 amide bonds. The van der Waals surface area contributed by atoms with Gasteiger partial charge < -0.3 is 16.0 Å². The van der Waals surface area contributed by atoms with Gasteiger partial charge in [-0.3, -0.25) is 14.5 Å². The lowest BCUT2D eigenvalue weighted by Crippen LogP contribution is -2.50. The Balaban J connectivity index is 1.97. The summed E-state index contributed by atoms with van der Waals surface area (Å²) in [5.74, 6) is -0.0397. The van der Waals surface area contributed by atoms with Gasteiger partial charge in [-0.2, -0.15) is 0 Å². The molecule has 0 atom stereocenters. The fourth-order valence-corrected chi connectivity index (χ4v) is 2.71. The van der Waals surface area contributed by atoms with Crippen LogP contribution in [0.5, 0.6) is 0 Å². The van der Waals surface area contributed by atoms with E-state index in [1.807, 2.05) is 4.90 Å². The van der Waals surface area contributed by atoms with E-state index in [9.17, 15) is 9.59 Å². The number of piperazine rings is 1. The Morgan fingerprint density at radius 3 is 2.57 bits per heavy atom. The number of benzene rings is 1. The minimum atomic E-state index is -0.0335. The molecule has 21 heavy (non-hydrogen) atoms. The van der Waals surface area contributed by atoms with Crippen LogP contribution in [0.3, 0.4) is 0 Å². The number of nitrogens with one attached hydrogen (secondary N) is 1. The molecule has 0 aliphatic carbocycles. The molecule has 0 bridgehead atoms. The topological polar surface area (TPSA) is 78.7 Å². The number of carbonyl (C=O) groups excluding carboxylic acids is 2. The number of rotatable bonds is 3. The lowest BCUT2D eigenvalue weighted by atomic mass is 10.1. The summed E-state index contributed by atoms with van der Waals surface area (Å²) in [6.45, 7) is 2.98. The lowest BCUT2D eigenvalue weighted by Gasteiger charge is -2.34. The normalized spacial score (nSPS) is 15.8. The first-order chi connectivity index (χ1) is 10.0. The van der Waals surface area contributed by atoms with Gasteiger partial charge in [0.2, 0.25) is 5.91 Å². The first-order valence-electron chi connectivity index (χ1n) is 6.79. The average molecular weight is 355 g/mol. The van der Waals surface area contributed by atoms with Crippen molar-refractivity contribution in [2.24, 2.45) is 0 Å². The Kier molecular flexibility index (Phi) is 5.19. The van der Waals surface area contributed by atoms with Crippen molar-refractivity contribution in [1.82, 2.24) is 15.1 Å². The van der Waals surface area contributed by atoms with E-state index in [4.69, 9.17) is 5.73 Å².